The molecule has 0 bridgehead atoms. The van der Waals surface area contributed by atoms with Gasteiger partial charge in [0, 0.05) is 13.2 Å². The van der Waals surface area contributed by atoms with Crippen molar-refractivity contribution >= 4 is 0 Å². The summed E-state index contributed by atoms with van der Waals surface area (Å²) in [7, 11) is 0. The van der Waals surface area contributed by atoms with Crippen LogP contribution in [0.2, 0.25) is 0 Å². The van der Waals surface area contributed by atoms with Gasteiger partial charge in [-0.05, 0) is 42.5 Å². The third-order valence-corrected chi connectivity index (χ3v) is 2.96. The number of rotatable bonds is 1. The van der Waals surface area contributed by atoms with Crippen LogP contribution in [0.5, 0.6) is 5.75 Å². The Morgan fingerprint density at radius 2 is 1.76 bits per heavy atom. The number of phenols is 1. The van der Waals surface area contributed by atoms with E-state index in [4.69, 9.17) is 4.74 Å². The molecule has 2 rings (SSSR count). The van der Waals surface area contributed by atoms with E-state index in [9.17, 15) is 18.3 Å². The Labute approximate surface area is 97.0 Å². The van der Waals surface area contributed by atoms with Crippen LogP contribution in [0.4, 0.5) is 13.2 Å². The summed E-state index contributed by atoms with van der Waals surface area (Å²) in [5.74, 6) is -0.293. The summed E-state index contributed by atoms with van der Waals surface area (Å²) in [6.07, 6.45) is -3.03. The highest BCUT2D eigenvalue weighted by molar-refractivity contribution is 5.37. The van der Waals surface area contributed by atoms with Gasteiger partial charge in [-0.25, -0.2) is 0 Å². The Hall–Kier alpha value is -1.23. The molecule has 17 heavy (non-hydrogen) atoms. The molecule has 0 atom stereocenters. The fraction of sp³-hybridized carbons (Fsp3) is 0.500. The van der Waals surface area contributed by atoms with Crippen molar-refractivity contribution in [3.8, 4) is 5.75 Å². The van der Waals surface area contributed by atoms with Gasteiger partial charge in [0.2, 0.25) is 0 Å². The molecule has 1 saturated heterocycles. The van der Waals surface area contributed by atoms with E-state index in [1.165, 1.54) is 6.07 Å². The van der Waals surface area contributed by atoms with Crippen LogP contribution in [0, 0.1) is 0 Å². The zero-order valence-electron chi connectivity index (χ0n) is 9.13. The van der Waals surface area contributed by atoms with E-state index in [-0.39, 0.29) is 11.7 Å². The van der Waals surface area contributed by atoms with Gasteiger partial charge in [-0.3, -0.25) is 0 Å². The van der Waals surface area contributed by atoms with E-state index >= 15 is 0 Å². The predicted molar refractivity (Wildman–Crippen MR) is 55.9 cm³/mol. The third-order valence-electron chi connectivity index (χ3n) is 2.96. The number of hydrogen-bond acceptors (Lipinski definition) is 2. The fourth-order valence-corrected chi connectivity index (χ4v) is 2.06. The number of alkyl halides is 3. The predicted octanol–water partition coefficient (Wildman–Crippen LogP) is 3.31. The number of ether oxygens (including phenoxy) is 1. The van der Waals surface area contributed by atoms with Crippen molar-refractivity contribution in [1.82, 2.24) is 0 Å². The van der Waals surface area contributed by atoms with E-state index in [1.807, 2.05) is 0 Å². The molecule has 1 N–H and O–H groups in total. The standard InChI is InChI=1S/C12H13F3O2/c13-12(14,15)10-5-9(6-11(16)7-10)8-1-3-17-4-2-8/h5-8,16H,1-4H2. The van der Waals surface area contributed by atoms with Gasteiger partial charge < -0.3 is 9.84 Å². The van der Waals surface area contributed by atoms with Gasteiger partial charge in [-0.1, -0.05) is 0 Å². The van der Waals surface area contributed by atoms with Crippen molar-refractivity contribution in [2.75, 3.05) is 13.2 Å². The van der Waals surface area contributed by atoms with E-state index in [2.05, 4.69) is 0 Å². The van der Waals surface area contributed by atoms with Crippen LogP contribution in [0.3, 0.4) is 0 Å². The Bertz CT molecular complexity index is 395. The molecule has 2 nitrogen and oxygen atoms in total. The Balaban J connectivity index is 2.31. The second-order valence-corrected chi connectivity index (χ2v) is 4.20. The molecule has 0 amide bonds. The van der Waals surface area contributed by atoms with Crippen LogP contribution < -0.4 is 0 Å². The lowest BCUT2D eigenvalue weighted by molar-refractivity contribution is -0.137. The summed E-state index contributed by atoms with van der Waals surface area (Å²) in [4.78, 5) is 0. The van der Waals surface area contributed by atoms with E-state index in [0.717, 1.165) is 12.1 Å². The minimum absolute atomic E-state index is 0.0388. The monoisotopic (exact) mass is 246 g/mol. The highest BCUT2D eigenvalue weighted by Crippen LogP contribution is 2.36. The summed E-state index contributed by atoms with van der Waals surface area (Å²) in [5.41, 5.74) is -0.250. The van der Waals surface area contributed by atoms with E-state index in [0.29, 0.717) is 31.6 Å². The molecule has 0 unspecified atom stereocenters. The molecule has 0 spiro atoms. The first kappa shape index (κ1) is 12.2. The van der Waals surface area contributed by atoms with Gasteiger partial charge >= 0.3 is 6.18 Å². The SMILES string of the molecule is Oc1cc(C2CCOCC2)cc(C(F)(F)F)c1. The van der Waals surface area contributed by atoms with Crippen LogP contribution in [0.15, 0.2) is 18.2 Å². The minimum Gasteiger partial charge on any atom is -0.508 e. The number of benzene rings is 1. The maximum absolute atomic E-state index is 12.6. The van der Waals surface area contributed by atoms with Gasteiger partial charge in [0.25, 0.3) is 0 Å². The molecular weight excluding hydrogens is 233 g/mol. The molecule has 94 valence electrons. The maximum Gasteiger partial charge on any atom is 0.416 e. The van der Waals surface area contributed by atoms with Crippen molar-refractivity contribution in [2.24, 2.45) is 0 Å². The smallest absolute Gasteiger partial charge is 0.416 e. The lowest BCUT2D eigenvalue weighted by atomic mass is 9.90. The van der Waals surface area contributed by atoms with Gasteiger partial charge in [0.05, 0.1) is 5.56 Å². The highest BCUT2D eigenvalue weighted by atomic mass is 19.4. The summed E-state index contributed by atoms with van der Waals surface area (Å²) in [6, 6.07) is 3.28. The Morgan fingerprint density at radius 3 is 2.35 bits per heavy atom. The van der Waals surface area contributed by atoms with Gasteiger partial charge in [-0.2, -0.15) is 13.2 Å². The summed E-state index contributed by atoms with van der Waals surface area (Å²) in [6.45, 7) is 1.11. The molecule has 0 saturated carbocycles. The van der Waals surface area contributed by atoms with Gasteiger partial charge in [0.1, 0.15) is 5.75 Å². The van der Waals surface area contributed by atoms with Crippen molar-refractivity contribution in [2.45, 2.75) is 24.9 Å². The molecule has 0 aliphatic carbocycles. The quantitative estimate of drug-likeness (QED) is 0.823. The van der Waals surface area contributed by atoms with Crippen LogP contribution in [0.25, 0.3) is 0 Å². The average molecular weight is 246 g/mol. The van der Waals surface area contributed by atoms with E-state index in [1.54, 1.807) is 0 Å². The van der Waals surface area contributed by atoms with Crippen molar-refractivity contribution in [3.63, 3.8) is 0 Å². The molecular formula is C12H13F3O2. The summed E-state index contributed by atoms with van der Waals surface area (Å²) in [5, 5.41) is 9.36. The first-order valence-corrected chi connectivity index (χ1v) is 5.46. The van der Waals surface area contributed by atoms with Gasteiger partial charge in [0.15, 0.2) is 0 Å². The number of aromatic hydroxyl groups is 1. The zero-order valence-corrected chi connectivity index (χ0v) is 9.13. The van der Waals surface area contributed by atoms with Crippen molar-refractivity contribution < 1.29 is 23.0 Å². The molecule has 1 aliphatic heterocycles. The second kappa shape index (κ2) is 4.56. The molecule has 1 fully saturated rings. The molecule has 0 aromatic heterocycles. The number of halogens is 3. The Morgan fingerprint density at radius 1 is 1.12 bits per heavy atom. The third kappa shape index (κ3) is 2.91. The van der Waals surface area contributed by atoms with Gasteiger partial charge in [-0.15, -0.1) is 0 Å². The molecule has 0 radical (unpaired) electrons. The van der Waals surface area contributed by atoms with E-state index < -0.39 is 11.7 Å². The molecule has 5 heteroatoms. The summed E-state index contributed by atoms with van der Waals surface area (Å²) < 4.78 is 42.9. The minimum atomic E-state index is -4.42. The lowest BCUT2D eigenvalue weighted by Crippen LogP contribution is -2.15. The first-order chi connectivity index (χ1) is 7.97. The Kier molecular flexibility index (Phi) is 3.28. The lowest BCUT2D eigenvalue weighted by Gasteiger charge is -2.23. The number of hydrogen-bond donors (Lipinski definition) is 1. The second-order valence-electron chi connectivity index (χ2n) is 4.20. The largest absolute Gasteiger partial charge is 0.508 e. The summed E-state index contributed by atoms with van der Waals surface area (Å²) >= 11 is 0. The topological polar surface area (TPSA) is 29.5 Å². The van der Waals surface area contributed by atoms with Crippen LogP contribution >= 0.6 is 0 Å². The van der Waals surface area contributed by atoms with Crippen molar-refractivity contribution in [3.05, 3.63) is 29.3 Å². The highest BCUT2D eigenvalue weighted by Gasteiger charge is 2.32. The fourth-order valence-electron chi connectivity index (χ4n) is 2.06. The normalized spacial score (nSPS) is 18.3. The van der Waals surface area contributed by atoms with Crippen LogP contribution in [0.1, 0.15) is 29.9 Å². The molecule has 1 aliphatic rings. The van der Waals surface area contributed by atoms with Crippen molar-refractivity contribution in [1.29, 1.82) is 0 Å². The first-order valence-electron chi connectivity index (χ1n) is 5.46. The van der Waals surface area contributed by atoms with Crippen LogP contribution in [-0.4, -0.2) is 18.3 Å². The van der Waals surface area contributed by atoms with Crippen LogP contribution in [-0.2, 0) is 10.9 Å². The average Bonchev–Trinajstić information content (AvgIpc) is 2.28. The molecule has 1 aromatic carbocycles. The molecule has 1 aromatic rings. The maximum atomic E-state index is 12.6. The number of phenolic OH excluding ortho intramolecular Hbond substituents is 1. The zero-order chi connectivity index (χ0) is 12.5. The molecule has 1 heterocycles.